The number of carbonyl (C=O) groups excluding carboxylic acids is 2. The van der Waals surface area contributed by atoms with Gasteiger partial charge in [0.05, 0.1) is 16.0 Å². The Morgan fingerprint density at radius 3 is 2.68 bits per heavy atom. The summed E-state index contributed by atoms with van der Waals surface area (Å²) in [6.45, 7) is 0. The lowest BCUT2D eigenvalue weighted by Crippen LogP contribution is -2.29. The van der Waals surface area contributed by atoms with E-state index in [0.717, 1.165) is 11.3 Å². The molecule has 10 heteroatoms. The number of aliphatic hydroxyl groups is 1. The van der Waals surface area contributed by atoms with E-state index in [4.69, 9.17) is 0 Å². The number of pyridine rings is 1. The molecule has 124 valence electrons. The fourth-order valence-corrected chi connectivity index (χ4v) is 3.89. The molecule has 25 heavy (non-hydrogen) atoms. The highest BCUT2D eigenvalue weighted by Crippen LogP contribution is 2.43. The summed E-state index contributed by atoms with van der Waals surface area (Å²) in [5.41, 5.74) is 3.41. The van der Waals surface area contributed by atoms with Crippen LogP contribution in [0.1, 0.15) is 16.5 Å². The standard InChI is InChI=1S/C15H9N5O3S2/c21-12(8-2-1-3-16-4-8)10-11(9-5-17-6-24-9)20(14(23)13(10)22)15-19-18-7-25-15/h1-7,11,21H/b12-10+. The molecule has 0 aliphatic carbocycles. The van der Waals surface area contributed by atoms with Crippen LogP contribution in [0.25, 0.3) is 5.76 Å². The van der Waals surface area contributed by atoms with Gasteiger partial charge in [-0.1, -0.05) is 11.3 Å². The average molecular weight is 371 g/mol. The fraction of sp³-hybridized carbons (Fsp3) is 0.0667. The molecule has 3 aromatic heterocycles. The van der Waals surface area contributed by atoms with Crippen molar-refractivity contribution >= 4 is 45.3 Å². The summed E-state index contributed by atoms with van der Waals surface area (Å²) in [4.78, 5) is 35.1. The molecule has 1 N–H and O–H groups in total. The Kier molecular flexibility index (Phi) is 3.82. The van der Waals surface area contributed by atoms with E-state index in [-0.39, 0.29) is 16.5 Å². The van der Waals surface area contributed by atoms with Crippen LogP contribution < -0.4 is 4.90 Å². The van der Waals surface area contributed by atoms with Crippen LogP contribution in [0.5, 0.6) is 0 Å². The minimum absolute atomic E-state index is 0.0162. The third kappa shape index (κ3) is 2.51. The molecule has 1 aliphatic rings. The van der Waals surface area contributed by atoms with Crippen LogP contribution in [0, 0.1) is 0 Å². The zero-order chi connectivity index (χ0) is 17.4. The van der Waals surface area contributed by atoms with Gasteiger partial charge in [-0.15, -0.1) is 21.5 Å². The lowest BCUT2D eigenvalue weighted by atomic mass is 10.0. The molecule has 8 nitrogen and oxygen atoms in total. The van der Waals surface area contributed by atoms with Crippen molar-refractivity contribution in [2.24, 2.45) is 0 Å². The average Bonchev–Trinajstić information content (AvgIpc) is 3.37. The van der Waals surface area contributed by atoms with Gasteiger partial charge in [0, 0.05) is 24.2 Å². The number of thiazole rings is 1. The van der Waals surface area contributed by atoms with E-state index in [9.17, 15) is 14.7 Å². The predicted octanol–water partition coefficient (Wildman–Crippen LogP) is 2.02. The van der Waals surface area contributed by atoms with Gasteiger partial charge in [0.25, 0.3) is 5.78 Å². The van der Waals surface area contributed by atoms with E-state index in [0.29, 0.717) is 10.4 Å². The number of ketones is 1. The third-order valence-corrected chi connectivity index (χ3v) is 5.17. The number of aromatic nitrogens is 4. The molecule has 4 heterocycles. The maximum Gasteiger partial charge on any atom is 0.301 e. The van der Waals surface area contributed by atoms with E-state index < -0.39 is 17.7 Å². The number of carbonyl (C=O) groups is 2. The summed E-state index contributed by atoms with van der Waals surface area (Å²) in [6.07, 6.45) is 4.54. The van der Waals surface area contributed by atoms with Crippen LogP contribution in [0.4, 0.5) is 5.13 Å². The van der Waals surface area contributed by atoms with Gasteiger partial charge in [-0.25, -0.2) is 0 Å². The molecule has 1 atom stereocenters. The monoisotopic (exact) mass is 371 g/mol. The Labute approximate surface area is 149 Å². The summed E-state index contributed by atoms with van der Waals surface area (Å²) in [5, 5.41) is 18.6. The fourth-order valence-electron chi connectivity index (χ4n) is 2.59. The highest BCUT2D eigenvalue weighted by molar-refractivity contribution is 7.13. The molecule has 3 aromatic rings. The van der Waals surface area contributed by atoms with Crippen LogP contribution >= 0.6 is 22.7 Å². The Morgan fingerprint density at radius 1 is 1.16 bits per heavy atom. The van der Waals surface area contributed by atoms with Crippen molar-refractivity contribution < 1.29 is 14.7 Å². The Morgan fingerprint density at radius 2 is 2.04 bits per heavy atom. The molecule has 1 amide bonds. The first-order valence-electron chi connectivity index (χ1n) is 7.04. The van der Waals surface area contributed by atoms with Crippen LogP contribution in [-0.4, -0.2) is 37.0 Å². The molecular weight excluding hydrogens is 362 g/mol. The number of amides is 1. The molecular formula is C15H9N5O3S2. The molecule has 0 bridgehead atoms. The van der Waals surface area contributed by atoms with Crippen molar-refractivity contribution in [1.29, 1.82) is 0 Å². The maximum atomic E-state index is 12.6. The van der Waals surface area contributed by atoms with Crippen LogP contribution in [0.2, 0.25) is 0 Å². The second-order valence-electron chi connectivity index (χ2n) is 5.04. The van der Waals surface area contributed by atoms with Gasteiger partial charge in [-0.3, -0.25) is 24.5 Å². The molecule has 0 radical (unpaired) electrons. The first kappa shape index (κ1) is 15.5. The van der Waals surface area contributed by atoms with Crippen molar-refractivity contribution in [3.63, 3.8) is 0 Å². The largest absolute Gasteiger partial charge is 0.507 e. The van der Waals surface area contributed by atoms with Gasteiger partial charge < -0.3 is 5.11 Å². The zero-order valence-electron chi connectivity index (χ0n) is 12.4. The van der Waals surface area contributed by atoms with E-state index in [1.165, 1.54) is 27.9 Å². The molecule has 0 spiro atoms. The molecule has 0 saturated carbocycles. The molecule has 1 fully saturated rings. The minimum Gasteiger partial charge on any atom is -0.507 e. The second-order valence-corrected chi connectivity index (χ2v) is 6.77. The minimum atomic E-state index is -0.805. The molecule has 4 rings (SSSR count). The summed E-state index contributed by atoms with van der Waals surface area (Å²) in [5.74, 6) is -1.83. The van der Waals surface area contributed by atoms with Gasteiger partial charge in [-0.05, 0) is 12.1 Å². The van der Waals surface area contributed by atoms with E-state index in [2.05, 4.69) is 20.2 Å². The highest BCUT2D eigenvalue weighted by Gasteiger charge is 2.48. The number of aliphatic hydroxyl groups excluding tert-OH is 1. The quantitative estimate of drug-likeness (QED) is 0.426. The van der Waals surface area contributed by atoms with Gasteiger partial charge >= 0.3 is 5.91 Å². The lowest BCUT2D eigenvalue weighted by molar-refractivity contribution is -0.132. The van der Waals surface area contributed by atoms with E-state index >= 15 is 0 Å². The number of hydrogen-bond donors (Lipinski definition) is 1. The van der Waals surface area contributed by atoms with E-state index in [1.807, 2.05) is 0 Å². The topological polar surface area (TPSA) is 109 Å². The van der Waals surface area contributed by atoms with Crippen molar-refractivity contribution in [3.05, 3.63) is 57.8 Å². The summed E-state index contributed by atoms with van der Waals surface area (Å²) < 4.78 is 0. The number of nitrogens with zero attached hydrogens (tertiary/aromatic N) is 5. The lowest BCUT2D eigenvalue weighted by Gasteiger charge is -2.20. The van der Waals surface area contributed by atoms with Crippen molar-refractivity contribution in [2.75, 3.05) is 4.90 Å². The summed E-state index contributed by atoms with van der Waals surface area (Å²) >= 11 is 2.41. The van der Waals surface area contributed by atoms with Crippen LogP contribution in [0.15, 0.2) is 47.3 Å². The molecule has 0 aromatic carbocycles. The number of anilines is 1. The Balaban J connectivity index is 1.93. The molecule has 1 unspecified atom stereocenters. The molecule has 1 aliphatic heterocycles. The number of Topliss-reactive ketones (excluding diaryl/α,β-unsaturated/α-hetero) is 1. The van der Waals surface area contributed by atoms with Crippen molar-refractivity contribution in [3.8, 4) is 0 Å². The van der Waals surface area contributed by atoms with E-state index in [1.54, 1.807) is 30.0 Å². The summed E-state index contributed by atoms with van der Waals surface area (Å²) in [6, 6.07) is 2.45. The van der Waals surface area contributed by atoms with Gasteiger partial charge in [0.2, 0.25) is 5.13 Å². The molecule has 1 saturated heterocycles. The predicted molar refractivity (Wildman–Crippen MR) is 91.0 cm³/mol. The zero-order valence-corrected chi connectivity index (χ0v) is 14.1. The number of rotatable bonds is 3. The Bertz CT molecular complexity index is 954. The summed E-state index contributed by atoms with van der Waals surface area (Å²) in [7, 11) is 0. The van der Waals surface area contributed by atoms with Crippen molar-refractivity contribution in [1.82, 2.24) is 20.2 Å². The third-order valence-electron chi connectivity index (χ3n) is 3.65. The normalized spacial score (nSPS) is 19.5. The Hall–Kier alpha value is -2.98. The van der Waals surface area contributed by atoms with Crippen molar-refractivity contribution in [2.45, 2.75) is 6.04 Å². The SMILES string of the molecule is O=C1C(=O)N(c2nncs2)C(c2cncs2)/C1=C(\O)c1cccnc1. The first-order valence-corrected chi connectivity index (χ1v) is 8.80. The van der Waals surface area contributed by atoms with Crippen LogP contribution in [-0.2, 0) is 9.59 Å². The maximum absolute atomic E-state index is 12.6. The van der Waals surface area contributed by atoms with Gasteiger partial charge in [-0.2, -0.15) is 0 Å². The first-order chi connectivity index (χ1) is 12.2. The van der Waals surface area contributed by atoms with Gasteiger partial charge in [0.1, 0.15) is 17.3 Å². The number of hydrogen-bond acceptors (Lipinski definition) is 9. The second kappa shape index (κ2) is 6.15. The van der Waals surface area contributed by atoms with Gasteiger partial charge in [0.15, 0.2) is 0 Å². The highest BCUT2D eigenvalue weighted by atomic mass is 32.1. The van der Waals surface area contributed by atoms with Crippen LogP contribution in [0.3, 0.4) is 0 Å². The smallest absolute Gasteiger partial charge is 0.301 e.